The molecule has 2 aromatic heterocycles. The zero-order chi connectivity index (χ0) is 18.1. The number of hydrogen-bond acceptors (Lipinski definition) is 3. The van der Waals surface area contributed by atoms with Crippen molar-refractivity contribution in [3.05, 3.63) is 66.3 Å². The van der Waals surface area contributed by atoms with Gasteiger partial charge in [0.25, 0.3) is 5.91 Å². The van der Waals surface area contributed by atoms with Crippen molar-refractivity contribution in [2.45, 2.75) is 25.8 Å². The van der Waals surface area contributed by atoms with Gasteiger partial charge >= 0.3 is 0 Å². The first-order valence-electron chi connectivity index (χ1n) is 8.73. The van der Waals surface area contributed by atoms with Gasteiger partial charge in [-0.1, -0.05) is 0 Å². The van der Waals surface area contributed by atoms with E-state index in [1.165, 1.54) is 12.1 Å². The van der Waals surface area contributed by atoms with Gasteiger partial charge in [0.05, 0.1) is 5.69 Å². The molecule has 6 nitrogen and oxygen atoms in total. The maximum atomic E-state index is 13.1. The Hall–Kier alpha value is -2.96. The maximum Gasteiger partial charge on any atom is 0.293 e. The molecule has 0 saturated carbocycles. The molecule has 1 amide bonds. The molecule has 26 heavy (non-hydrogen) atoms. The third kappa shape index (κ3) is 3.12. The van der Waals surface area contributed by atoms with Crippen molar-refractivity contribution < 1.29 is 9.18 Å². The van der Waals surface area contributed by atoms with E-state index in [1.807, 2.05) is 17.0 Å². The fourth-order valence-electron chi connectivity index (χ4n) is 3.41. The lowest BCUT2D eigenvalue weighted by Gasteiger charge is -2.32. The van der Waals surface area contributed by atoms with Gasteiger partial charge in [-0.3, -0.25) is 4.79 Å². The number of amides is 1. The molecule has 0 spiro atoms. The van der Waals surface area contributed by atoms with Crippen molar-refractivity contribution in [1.82, 2.24) is 24.2 Å². The van der Waals surface area contributed by atoms with E-state index in [0.717, 1.165) is 12.8 Å². The molecule has 0 atom stereocenters. The lowest BCUT2D eigenvalue weighted by Crippen LogP contribution is -2.39. The molecule has 1 fully saturated rings. The van der Waals surface area contributed by atoms with Crippen LogP contribution >= 0.6 is 0 Å². The average molecular weight is 353 g/mol. The van der Waals surface area contributed by atoms with Crippen molar-refractivity contribution in [3.63, 3.8) is 0 Å². The first-order valence-corrected chi connectivity index (χ1v) is 8.73. The number of aromatic nitrogens is 4. The molecule has 0 aliphatic carbocycles. The second kappa shape index (κ2) is 6.74. The first kappa shape index (κ1) is 16.5. The minimum absolute atomic E-state index is 0.153. The van der Waals surface area contributed by atoms with Crippen LogP contribution in [0.25, 0.3) is 5.69 Å². The van der Waals surface area contributed by atoms with E-state index >= 15 is 0 Å². The van der Waals surface area contributed by atoms with Crippen molar-refractivity contribution in [2.24, 2.45) is 0 Å². The molecule has 7 heteroatoms. The van der Waals surface area contributed by atoms with Crippen LogP contribution in [0.4, 0.5) is 4.39 Å². The number of aryl methyl sites for hydroxylation is 1. The molecule has 0 N–H and O–H groups in total. The average Bonchev–Trinajstić information content (AvgIpc) is 3.32. The zero-order valence-electron chi connectivity index (χ0n) is 14.5. The fraction of sp³-hybridized carbons (Fsp3) is 0.316. The summed E-state index contributed by atoms with van der Waals surface area (Å²) in [5.74, 6) is 0.321. The number of carbonyl (C=O) groups excluding carboxylic acids is 1. The highest BCUT2D eigenvalue weighted by Crippen LogP contribution is 2.23. The largest absolute Gasteiger partial charge is 0.351 e. The van der Waals surface area contributed by atoms with E-state index in [1.54, 1.807) is 23.7 Å². The van der Waals surface area contributed by atoms with Gasteiger partial charge in [-0.05, 0) is 56.2 Å². The molecular formula is C19H20FN5O. The van der Waals surface area contributed by atoms with Crippen LogP contribution in [-0.4, -0.2) is 43.2 Å². The minimum Gasteiger partial charge on any atom is -0.351 e. The molecule has 3 heterocycles. The highest BCUT2D eigenvalue weighted by molar-refractivity contribution is 5.90. The molecule has 1 aromatic carbocycles. The van der Waals surface area contributed by atoms with E-state index in [-0.39, 0.29) is 17.5 Å². The summed E-state index contributed by atoms with van der Waals surface area (Å²) in [5, 5.41) is 4.34. The highest BCUT2D eigenvalue weighted by Gasteiger charge is 2.27. The van der Waals surface area contributed by atoms with Crippen LogP contribution < -0.4 is 0 Å². The number of hydrogen-bond donors (Lipinski definition) is 0. The summed E-state index contributed by atoms with van der Waals surface area (Å²) in [5.41, 5.74) is 0.682. The van der Waals surface area contributed by atoms with Crippen LogP contribution in [0.1, 0.15) is 35.3 Å². The zero-order valence-corrected chi connectivity index (χ0v) is 14.5. The Labute approximate surface area is 150 Å². The van der Waals surface area contributed by atoms with Crippen LogP contribution in [0.5, 0.6) is 0 Å². The summed E-state index contributed by atoms with van der Waals surface area (Å²) in [7, 11) is 0. The van der Waals surface area contributed by atoms with Crippen LogP contribution in [0, 0.1) is 12.7 Å². The second-order valence-corrected chi connectivity index (χ2v) is 6.52. The molecule has 0 unspecified atom stereocenters. The third-order valence-corrected chi connectivity index (χ3v) is 4.83. The minimum atomic E-state index is -0.312. The van der Waals surface area contributed by atoms with Gasteiger partial charge in [0.15, 0.2) is 0 Å². The van der Waals surface area contributed by atoms with Gasteiger partial charge in [-0.15, -0.1) is 5.10 Å². The molecule has 1 aliphatic rings. The van der Waals surface area contributed by atoms with Gasteiger partial charge in [0.2, 0.25) is 5.82 Å². The molecule has 1 saturated heterocycles. The Bertz CT molecular complexity index is 893. The third-order valence-electron chi connectivity index (χ3n) is 4.83. The predicted octanol–water partition coefficient (Wildman–Crippen LogP) is 2.99. The molecule has 1 aliphatic heterocycles. The molecular weight excluding hydrogens is 333 g/mol. The van der Waals surface area contributed by atoms with E-state index in [0.29, 0.717) is 30.6 Å². The first-order chi connectivity index (χ1) is 12.6. The molecule has 3 aromatic rings. The number of piperidine rings is 1. The second-order valence-electron chi connectivity index (χ2n) is 6.52. The van der Waals surface area contributed by atoms with Crippen LogP contribution in [-0.2, 0) is 0 Å². The number of likely N-dealkylation sites (tertiary alicyclic amines) is 1. The van der Waals surface area contributed by atoms with Gasteiger partial charge in [0, 0.05) is 31.5 Å². The van der Waals surface area contributed by atoms with E-state index in [2.05, 4.69) is 27.0 Å². The highest BCUT2D eigenvalue weighted by atomic mass is 19.1. The van der Waals surface area contributed by atoms with E-state index in [9.17, 15) is 9.18 Å². The number of carbonyl (C=O) groups is 1. The Kier molecular flexibility index (Phi) is 4.28. The summed E-state index contributed by atoms with van der Waals surface area (Å²) >= 11 is 0. The molecule has 0 radical (unpaired) electrons. The summed E-state index contributed by atoms with van der Waals surface area (Å²) in [4.78, 5) is 18.9. The number of halogens is 1. The smallest absolute Gasteiger partial charge is 0.293 e. The van der Waals surface area contributed by atoms with E-state index in [4.69, 9.17) is 0 Å². The molecule has 134 valence electrons. The topological polar surface area (TPSA) is 56.0 Å². The summed E-state index contributed by atoms with van der Waals surface area (Å²) in [6.45, 7) is 3.16. The molecule has 4 rings (SSSR count). The number of benzene rings is 1. The number of nitrogens with zero attached hydrogens (tertiary/aromatic N) is 5. The maximum absolute atomic E-state index is 13.1. The summed E-state index contributed by atoms with van der Waals surface area (Å²) in [6, 6.07) is 10.4. The van der Waals surface area contributed by atoms with Crippen molar-refractivity contribution >= 4 is 5.91 Å². The van der Waals surface area contributed by atoms with Gasteiger partial charge in [-0.2, -0.15) is 0 Å². The fourth-order valence-corrected chi connectivity index (χ4v) is 3.41. The predicted molar refractivity (Wildman–Crippen MR) is 94.7 cm³/mol. The monoisotopic (exact) mass is 353 g/mol. The van der Waals surface area contributed by atoms with Gasteiger partial charge < -0.3 is 9.47 Å². The van der Waals surface area contributed by atoms with Crippen molar-refractivity contribution in [1.29, 1.82) is 0 Å². The lowest BCUT2D eigenvalue weighted by molar-refractivity contribution is 0.0682. The van der Waals surface area contributed by atoms with Crippen molar-refractivity contribution in [3.8, 4) is 5.69 Å². The standard InChI is InChI=1S/C19H20FN5O/c1-14-21-18(22-25(14)17-6-4-15(20)5-7-17)19(26)24-12-8-16(9-13-24)23-10-2-3-11-23/h2-7,10-11,16H,8-9,12-13H2,1H3. The number of rotatable bonds is 3. The van der Waals surface area contributed by atoms with E-state index < -0.39 is 0 Å². The van der Waals surface area contributed by atoms with Crippen LogP contribution in [0.2, 0.25) is 0 Å². The molecule has 0 bridgehead atoms. The van der Waals surface area contributed by atoms with Crippen molar-refractivity contribution in [2.75, 3.05) is 13.1 Å². The summed E-state index contributed by atoms with van der Waals surface area (Å²) < 4.78 is 16.9. The Balaban J connectivity index is 1.47. The Morgan fingerprint density at radius 3 is 2.42 bits per heavy atom. The van der Waals surface area contributed by atoms with Gasteiger partial charge in [-0.25, -0.2) is 14.1 Å². The van der Waals surface area contributed by atoms with Crippen LogP contribution in [0.3, 0.4) is 0 Å². The lowest BCUT2D eigenvalue weighted by atomic mass is 10.0. The SMILES string of the molecule is Cc1nc(C(=O)N2CCC(n3cccc3)CC2)nn1-c1ccc(F)cc1. The Morgan fingerprint density at radius 1 is 1.12 bits per heavy atom. The Morgan fingerprint density at radius 2 is 1.77 bits per heavy atom. The normalized spacial score (nSPS) is 15.4. The van der Waals surface area contributed by atoms with Gasteiger partial charge in [0.1, 0.15) is 11.6 Å². The quantitative estimate of drug-likeness (QED) is 0.727. The summed E-state index contributed by atoms with van der Waals surface area (Å²) in [6.07, 6.45) is 5.96. The van der Waals surface area contributed by atoms with Crippen LogP contribution in [0.15, 0.2) is 48.8 Å².